The van der Waals surface area contributed by atoms with Crippen molar-refractivity contribution in [1.82, 2.24) is 25.1 Å². The van der Waals surface area contributed by atoms with Crippen LogP contribution in [0.2, 0.25) is 0 Å². The predicted molar refractivity (Wildman–Crippen MR) is 129 cm³/mol. The number of hydrogen-bond donors (Lipinski definition) is 4. The Morgan fingerprint density at radius 1 is 1.25 bits per heavy atom. The van der Waals surface area contributed by atoms with E-state index >= 15 is 0 Å². The lowest BCUT2D eigenvalue weighted by Gasteiger charge is -2.31. The number of aromatic nitrogens is 2. The van der Waals surface area contributed by atoms with E-state index in [9.17, 15) is 0 Å². The number of piperidine rings is 1. The number of ether oxygens (including phenoxy) is 1. The standard InChI is InChI=1S/C24H33N7O/c1-16(2)27-23(26)21-15-31-12-13-32-22-14-17(4-5-19(22)24(31)29-21)20(6-9-25)28-18-7-10-30(3)11-8-18/h4-6,9,14-16,18,25,28H,7-8,10-13H2,1-3H3,(H2,26,27)/b20-6-,25-9?. The molecule has 4 N–H and O–H groups in total. The van der Waals surface area contributed by atoms with Crippen molar-refractivity contribution >= 4 is 17.7 Å². The maximum absolute atomic E-state index is 8.29. The molecule has 4 rings (SSSR count). The number of amidine groups is 1. The van der Waals surface area contributed by atoms with Crippen LogP contribution in [0.15, 0.2) is 30.5 Å². The number of fused-ring (bicyclic) bond motifs is 3. The second-order valence-electron chi connectivity index (χ2n) is 8.85. The Balaban J connectivity index is 1.61. The van der Waals surface area contributed by atoms with Gasteiger partial charge >= 0.3 is 0 Å². The minimum atomic E-state index is 0.179. The largest absolute Gasteiger partial charge is 0.491 e. The lowest BCUT2D eigenvalue weighted by atomic mass is 10.0. The van der Waals surface area contributed by atoms with E-state index in [1.165, 1.54) is 6.21 Å². The summed E-state index contributed by atoms with van der Waals surface area (Å²) in [5, 5.41) is 22.7. The summed E-state index contributed by atoms with van der Waals surface area (Å²) in [6.07, 6.45) is 7.24. The fourth-order valence-corrected chi connectivity index (χ4v) is 4.22. The maximum atomic E-state index is 8.29. The lowest BCUT2D eigenvalue weighted by Crippen LogP contribution is -2.40. The molecular weight excluding hydrogens is 402 g/mol. The van der Waals surface area contributed by atoms with Gasteiger partial charge in [0.05, 0.1) is 12.1 Å². The summed E-state index contributed by atoms with van der Waals surface area (Å²) in [4.78, 5) is 7.09. The van der Waals surface area contributed by atoms with Gasteiger partial charge in [-0.05, 0) is 65.0 Å². The zero-order valence-corrected chi connectivity index (χ0v) is 19.1. The maximum Gasteiger partial charge on any atom is 0.146 e. The molecule has 1 aromatic carbocycles. The molecule has 0 radical (unpaired) electrons. The smallest absolute Gasteiger partial charge is 0.146 e. The Hall–Kier alpha value is -3.13. The summed E-state index contributed by atoms with van der Waals surface area (Å²) in [5.41, 5.74) is 3.50. The molecule has 0 bridgehead atoms. The molecule has 32 heavy (non-hydrogen) atoms. The Morgan fingerprint density at radius 2 is 2.03 bits per heavy atom. The van der Waals surface area contributed by atoms with Crippen molar-refractivity contribution in [2.45, 2.75) is 45.3 Å². The van der Waals surface area contributed by atoms with Crippen molar-refractivity contribution in [2.24, 2.45) is 0 Å². The molecule has 8 nitrogen and oxygen atoms in total. The molecule has 2 aliphatic rings. The molecule has 1 saturated heterocycles. The molecule has 3 heterocycles. The fraction of sp³-hybridized carbons (Fsp3) is 0.458. The average molecular weight is 436 g/mol. The first-order valence-corrected chi connectivity index (χ1v) is 11.3. The normalized spacial score (nSPS) is 17.2. The zero-order valence-electron chi connectivity index (χ0n) is 19.1. The Labute approximate surface area is 189 Å². The van der Waals surface area contributed by atoms with Gasteiger partial charge < -0.3 is 30.2 Å². The van der Waals surface area contributed by atoms with Crippen LogP contribution in [0, 0.1) is 10.8 Å². The highest BCUT2D eigenvalue weighted by molar-refractivity contribution is 5.95. The van der Waals surface area contributed by atoms with E-state index in [1.807, 2.05) is 38.3 Å². The molecular formula is C24H33N7O. The molecule has 0 unspecified atom stereocenters. The number of allylic oxidation sites excluding steroid dienone is 1. The summed E-state index contributed by atoms with van der Waals surface area (Å²) < 4.78 is 8.14. The van der Waals surface area contributed by atoms with Crippen molar-refractivity contribution < 1.29 is 4.74 Å². The first kappa shape index (κ1) is 22.1. The van der Waals surface area contributed by atoms with Gasteiger partial charge in [-0.25, -0.2) is 4.98 Å². The first-order chi connectivity index (χ1) is 15.4. The third kappa shape index (κ3) is 4.85. The fourth-order valence-electron chi connectivity index (χ4n) is 4.22. The van der Waals surface area contributed by atoms with E-state index < -0.39 is 0 Å². The molecule has 8 heteroatoms. The van der Waals surface area contributed by atoms with Crippen LogP contribution < -0.4 is 15.4 Å². The van der Waals surface area contributed by atoms with E-state index in [-0.39, 0.29) is 6.04 Å². The van der Waals surface area contributed by atoms with E-state index in [2.05, 4.69) is 33.2 Å². The summed E-state index contributed by atoms with van der Waals surface area (Å²) >= 11 is 0. The predicted octanol–water partition coefficient (Wildman–Crippen LogP) is 2.94. The number of rotatable bonds is 6. The number of benzene rings is 1. The van der Waals surface area contributed by atoms with E-state index in [1.54, 1.807) is 0 Å². The topological polar surface area (TPSA) is 102 Å². The van der Waals surface area contributed by atoms with Crippen LogP contribution in [0.5, 0.6) is 5.75 Å². The van der Waals surface area contributed by atoms with Gasteiger partial charge in [-0.1, -0.05) is 6.07 Å². The molecule has 1 aromatic heterocycles. The number of imidazole rings is 1. The average Bonchev–Trinajstić information content (AvgIpc) is 3.11. The summed E-state index contributed by atoms with van der Waals surface area (Å²) in [6.45, 7) is 7.40. The van der Waals surface area contributed by atoms with E-state index in [0.717, 1.165) is 54.3 Å². The van der Waals surface area contributed by atoms with E-state index in [0.29, 0.717) is 30.7 Å². The van der Waals surface area contributed by atoms with Crippen LogP contribution in [0.3, 0.4) is 0 Å². The van der Waals surface area contributed by atoms with Gasteiger partial charge in [0.2, 0.25) is 0 Å². The van der Waals surface area contributed by atoms with Gasteiger partial charge in [0.15, 0.2) is 0 Å². The molecule has 0 saturated carbocycles. The minimum absolute atomic E-state index is 0.179. The number of nitrogens with zero attached hydrogens (tertiary/aromatic N) is 3. The van der Waals surface area contributed by atoms with Crippen molar-refractivity contribution in [3.63, 3.8) is 0 Å². The number of nitrogens with one attached hydrogen (secondary N) is 4. The second kappa shape index (κ2) is 9.56. The van der Waals surface area contributed by atoms with Crippen LogP contribution in [0.25, 0.3) is 17.1 Å². The molecule has 0 atom stereocenters. The van der Waals surface area contributed by atoms with Crippen LogP contribution in [-0.2, 0) is 6.54 Å². The van der Waals surface area contributed by atoms with Crippen molar-refractivity contribution in [2.75, 3.05) is 26.7 Å². The molecule has 2 aliphatic heterocycles. The molecule has 0 aliphatic carbocycles. The van der Waals surface area contributed by atoms with Gasteiger partial charge in [-0.15, -0.1) is 0 Å². The number of likely N-dealkylation sites (tertiary alicyclic amines) is 1. The summed E-state index contributed by atoms with van der Waals surface area (Å²) in [6, 6.07) is 6.71. The molecule has 0 spiro atoms. The Bertz CT molecular complexity index is 1020. The summed E-state index contributed by atoms with van der Waals surface area (Å²) in [5.74, 6) is 1.93. The molecule has 170 valence electrons. The van der Waals surface area contributed by atoms with Gasteiger partial charge in [0, 0.05) is 35.8 Å². The SMILES string of the molecule is CC(C)NC(=N)c1cn2c(n1)-c1ccc(/C(=C/C=N)NC3CCN(C)CC3)cc1OCC2. The summed E-state index contributed by atoms with van der Waals surface area (Å²) in [7, 11) is 2.16. The Morgan fingerprint density at radius 3 is 2.75 bits per heavy atom. The highest BCUT2D eigenvalue weighted by Crippen LogP contribution is 2.34. The minimum Gasteiger partial charge on any atom is -0.491 e. The van der Waals surface area contributed by atoms with E-state index in [4.69, 9.17) is 20.5 Å². The Kier molecular flexibility index (Phi) is 6.60. The zero-order chi connectivity index (χ0) is 22.7. The van der Waals surface area contributed by atoms with Gasteiger partial charge in [-0.3, -0.25) is 5.41 Å². The van der Waals surface area contributed by atoms with Gasteiger partial charge in [0.1, 0.15) is 29.7 Å². The highest BCUT2D eigenvalue weighted by atomic mass is 16.5. The van der Waals surface area contributed by atoms with Crippen LogP contribution in [0.4, 0.5) is 0 Å². The van der Waals surface area contributed by atoms with Crippen LogP contribution in [-0.4, -0.2) is 65.3 Å². The van der Waals surface area contributed by atoms with Crippen molar-refractivity contribution in [3.05, 3.63) is 41.7 Å². The van der Waals surface area contributed by atoms with Crippen LogP contribution in [0.1, 0.15) is 37.9 Å². The quantitative estimate of drug-likeness (QED) is 0.413. The van der Waals surface area contributed by atoms with Gasteiger partial charge in [0.25, 0.3) is 0 Å². The third-order valence-corrected chi connectivity index (χ3v) is 5.92. The number of hydrogen-bond acceptors (Lipinski definition) is 6. The lowest BCUT2D eigenvalue weighted by molar-refractivity contribution is 0.245. The monoisotopic (exact) mass is 435 g/mol. The molecule has 2 aromatic rings. The van der Waals surface area contributed by atoms with Crippen molar-refractivity contribution in [1.29, 1.82) is 10.8 Å². The van der Waals surface area contributed by atoms with Crippen LogP contribution >= 0.6 is 0 Å². The molecule has 0 amide bonds. The highest BCUT2D eigenvalue weighted by Gasteiger charge is 2.22. The second-order valence-corrected chi connectivity index (χ2v) is 8.85. The van der Waals surface area contributed by atoms with Crippen molar-refractivity contribution in [3.8, 4) is 17.1 Å². The molecule has 1 fully saturated rings. The third-order valence-electron chi connectivity index (χ3n) is 5.92. The first-order valence-electron chi connectivity index (χ1n) is 11.3. The van der Waals surface area contributed by atoms with Gasteiger partial charge in [-0.2, -0.15) is 0 Å².